The van der Waals surface area contributed by atoms with Gasteiger partial charge in [-0.15, -0.1) is 0 Å². The van der Waals surface area contributed by atoms with Crippen LogP contribution in [0.15, 0.2) is 18.2 Å². The van der Waals surface area contributed by atoms with E-state index in [-0.39, 0.29) is 41.9 Å². The number of hydrogen-bond acceptors (Lipinski definition) is 7. The second-order valence-electron chi connectivity index (χ2n) is 6.36. The lowest BCUT2D eigenvalue weighted by molar-refractivity contribution is -0.384. The van der Waals surface area contributed by atoms with Gasteiger partial charge in [-0.05, 0) is 39.3 Å². The Bertz CT molecular complexity index is 655. The van der Waals surface area contributed by atoms with Crippen molar-refractivity contribution in [2.24, 2.45) is 0 Å². The van der Waals surface area contributed by atoms with E-state index in [1.807, 2.05) is 0 Å². The Hall–Kier alpha value is -2.19. The van der Waals surface area contributed by atoms with Gasteiger partial charge in [0.2, 0.25) is 0 Å². The molecule has 0 heterocycles. The van der Waals surface area contributed by atoms with E-state index in [1.54, 1.807) is 20.8 Å². The Morgan fingerprint density at radius 3 is 2.50 bits per heavy atom. The molecule has 1 aromatic rings. The Kier molecular flexibility index (Phi) is 8.47. The highest BCUT2D eigenvalue weighted by molar-refractivity contribution is 6.32. The molecule has 0 aromatic heterocycles. The number of halogens is 1. The first-order chi connectivity index (χ1) is 12.1. The van der Waals surface area contributed by atoms with Crippen LogP contribution in [0.25, 0.3) is 0 Å². The molecular formula is C17H22ClNO7. The number of nitrogens with zero attached hydrogens (tertiary/aromatic N) is 1. The zero-order valence-electron chi connectivity index (χ0n) is 15.0. The second-order valence-corrected chi connectivity index (χ2v) is 6.77. The van der Waals surface area contributed by atoms with Crippen LogP contribution < -0.4 is 0 Å². The number of carbonyl (C=O) groups excluding carboxylic acids is 2. The van der Waals surface area contributed by atoms with E-state index in [4.69, 9.17) is 25.8 Å². The third-order valence-electron chi connectivity index (χ3n) is 2.93. The summed E-state index contributed by atoms with van der Waals surface area (Å²) in [5, 5.41) is 10.7. The molecule has 26 heavy (non-hydrogen) atoms. The topological polar surface area (TPSA) is 105 Å². The molecule has 1 rings (SSSR count). The summed E-state index contributed by atoms with van der Waals surface area (Å²) in [5.41, 5.74) is -0.839. The maximum absolute atomic E-state index is 11.8. The van der Waals surface area contributed by atoms with Crippen molar-refractivity contribution >= 4 is 29.2 Å². The van der Waals surface area contributed by atoms with Gasteiger partial charge in [0, 0.05) is 19.1 Å². The van der Waals surface area contributed by atoms with Gasteiger partial charge in [-0.25, -0.2) is 4.79 Å². The van der Waals surface area contributed by atoms with Gasteiger partial charge in [0.05, 0.1) is 17.1 Å². The van der Waals surface area contributed by atoms with Crippen LogP contribution in [-0.4, -0.2) is 42.3 Å². The smallest absolute Gasteiger partial charge is 0.338 e. The van der Waals surface area contributed by atoms with Crippen molar-refractivity contribution in [3.05, 3.63) is 38.9 Å². The number of ether oxygens (including phenoxy) is 3. The molecule has 0 aliphatic heterocycles. The summed E-state index contributed by atoms with van der Waals surface area (Å²) < 4.78 is 15.4. The maximum atomic E-state index is 11.8. The molecule has 0 amide bonds. The van der Waals surface area contributed by atoms with E-state index in [9.17, 15) is 19.7 Å². The Morgan fingerprint density at radius 2 is 1.88 bits per heavy atom. The average molecular weight is 388 g/mol. The summed E-state index contributed by atoms with van der Waals surface area (Å²) in [6.07, 6.45) is 0.734. The van der Waals surface area contributed by atoms with E-state index in [0.717, 1.165) is 6.07 Å². The summed E-state index contributed by atoms with van der Waals surface area (Å²) in [4.78, 5) is 33.5. The molecule has 8 nitrogen and oxygen atoms in total. The van der Waals surface area contributed by atoms with Gasteiger partial charge in [-0.3, -0.25) is 14.9 Å². The average Bonchev–Trinajstić information content (AvgIpc) is 2.52. The number of esters is 2. The van der Waals surface area contributed by atoms with Crippen LogP contribution >= 0.6 is 11.6 Å². The molecule has 0 radical (unpaired) electrons. The first-order valence-electron chi connectivity index (χ1n) is 8.01. The van der Waals surface area contributed by atoms with Crippen molar-refractivity contribution in [3.63, 3.8) is 0 Å². The molecule has 0 bridgehead atoms. The normalized spacial score (nSPS) is 11.1. The minimum absolute atomic E-state index is 0.0122. The Morgan fingerprint density at radius 1 is 1.19 bits per heavy atom. The van der Waals surface area contributed by atoms with Crippen LogP contribution in [-0.2, 0) is 19.0 Å². The molecule has 144 valence electrons. The predicted octanol–water partition coefficient (Wildman–Crippen LogP) is 3.54. The quantitative estimate of drug-likeness (QED) is 0.276. The Balaban J connectivity index is 2.24. The summed E-state index contributed by atoms with van der Waals surface area (Å²) >= 11 is 5.68. The molecule has 1 aromatic carbocycles. The molecule has 0 unspecified atom stereocenters. The highest BCUT2D eigenvalue weighted by atomic mass is 35.5. The minimum atomic E-state index is -0.706. The molecule has 0 N–H and O–H groups in total. The number of nitro benzene ring substituents is 1. The number of carbonyl (C=O) groups is 2. The van der Waals surface area contributed by atoms with Gasteiger partial charge >= 0.3 is 11.9 Å². The fourth-order valence-electron chi connectivity index (χ4n) is 1.87. The minimum Gasteiger partial charge on any atom is -0.460 e. The molecule has 0 fully saturated rings. The van der Waals surface area contributed by atoms with Crippen molar-refractivity contribution in [1.82, 2.24) is 0 Å². The van der Waals surface area contributed by atoms with E-state index in [0.29, 0.717) is 13.0 Å². The second kappa shape index (κ2) is 10.1. The number of rotatable bonds is 9. The molecule has 0 aliphatic carbocycles. The predicted molar refractivity (Wildman–Crippen MR) is 94.3 cm³/mol. The highest BCUT2D eigenvalue weighted by Gasteiger charge is 2.17. The van der Waals surface area contributed by atoms with Crippen LogP contribution in [0, 0.1) is 10.1 Å². The lowest BCUT2D eigenvalue weighted by Crippen LogP contribution is -2.23. The Labute approximate surface area is 156 Å². The van der Waals surface area contributed by atoms with Crippen LogP contribution in [0.4, 0.5) is 5.69 Å². The van der Waals surface area contributed by atoms with Gasteiger partial charge in [0.1, 0.15) is 17.2 Å². The third-order valence-corrected chi connectivity index (χ3v) is 3.25. The molecule has 0 aliphatic rings. The van der Waals surface area contributed by atoms with Crippen molar-refractivity contribution in [2.45, 2.75) is 39.2 Å². The van der Waals surface area contributed by atoms with Crippen molar-refractivity contribution in [1.29, 1.82) is 0 Å². The molecule has 0 spiro atoms. The van der Waals surface area contributed by atoms with Crippen LogP contribution in [0.1, 0.15) is 44.0 Å². The standard InChI is InChI=1S/C17H22ClNO7/c1-17(2,3)26-15(20)5-4-8-24-9-10-25-16(21)12-6-7-13(18)14(11-12)19(22)23/h6-7,11H,4-5,8-10H2,1-3H3. The monoisotopic (exact) mass is 387 g/mol. The molecule has 0 atom stereocenters. The molecule has 0 saturated heterocycles. The molecular weight excluding hydrogens is 366 g/mol. The van der Waals surface area contributed by atoms with E-state index >= 15 is 0 Å². The number of benzene rings is 1. The van der Waals surface area contributed by atoms with Gasteiger partial charge in [-0.2, -0.15) is 0 Å². The summed E-state index contributed by atoms with van der Waals surface area (Å²) in [6.45, 7) is 5.85. The van der Waals surface area contributed by atoms with E-state index in [1.165, 1.54) is 12.1 Å². The van der Waals surface area contributed by atoms with E-state index in [2.05, 4.69) is 0 Å². The number of hydrogen-bond donors (Lipinski definition) is 0. The lowest BCUT2D eigenvalue weighted by Gasteiger charge is -2.19. The zero-order valence-corrected chi connectivity index (χ0v) is 15.7. The summed E-state index contributed by atoms with van der Waals surface area (Å²) in [6, 6.07) is 3.68. The molecule has 0 saturated carbocycles. The lowest BCUT2D eigenvalue weighted by atomic mass is 10.2. The van der Waals surface area contributed by atoms with Crippen LogP contribution in [0.2, 0.25) is 5.02 Å². The van der Waals surface area contributed by atoms with Crippen molar-refractivity contribution in [3.8, 4) is 0 Å². The fraction of sp³-hybridized carbons (Fsp3) is 0.529. The van der Waals surface area contributed by atoms with Gasteiger partial charge in [0.15, 0.2) is 0 Å². The SMILES string of the molecule is CC(C)(C)OC(=O)CCCOCCOC(=O)c1ccc(Cl)c([N+](=O)[O-])c1. The first-order valence-corrected chi connectivity index (χ1v) is 8.38. The van der Waals surface area contributed by atoms with Crippen molar-refractivity contribution in [2.75, 3.05) is 19.8 Å². The number of nitro groups is 1. The van der Waals surface area contributed by atoms with Gasteiger partial charge in [-0.1, -0.05) is 11.6 Å². The third kappa shape index (κ3) is 8.26. The zero-order chi connectivity index (χ0) is 19.7. The molecule has 9 heteroatoms. The largest absolute Gasteiger partial charge is 0.460 e. The van der Waals surface area contributed by atoms with E-state index < -0.39 is 16.5 Å². The maximum Gasteiger partial charge on any atom is 0.338 e. The first kappa shape index (κ1) is 21.9. The highest BCUT2D eigenvalue weighted by Crippen LogP contribution is 2.25. The van der Waals surface area contributed by atoms with Crippen LogP contribution in [0.5, 0.6) is 0 Å². The van der Waals surface area contributed by atoms with Gasteiger partial charge < -0.3 is 14.2 Å². The van der Waals surface area contributed by atoms with Crippen molar-refractivity contribution < 1.29 is 28.7 Å². The van der Waals surface area contributed by atoms with Crippen LogP contribution in [0.3, 0.4) is 0 Å². The summed E-state index contributed by atoms with van der Waals surface area (Å²) in [5.74, 6) is -1.00. The summed E-state index contributed by atoms with van der Waals surface area (Å²) in [7, 11) is 0. The van der Waals surface area contributed by atoms with Gasteiger partial charge in [0.25, 0.3) is 5.69 Å². The fourth-order valence-corrected chi connectivity index (χ4v) is 2.06.